The van der Waals surface area contributed by atoms with Gasteiger partial charge in [0.2, 0.25) is 9.05 Å². The van der Waals surface area contributed by atoms with Gasteiger partial charge >= 0.3 is 0 Å². The molecule has 72 valence electrons. The SMILES string of the molecule is CC(N1CCOCC1)S(=O)(=O)Cl. The van der Waals surface area contributed by atoms with Crippen molar-refractivity contribution in [2.45, 2.75) is 12.3 Å². The Hall–Kier alpha value is 0.160. The van der Waals surface area contributed by atoms with Gasteiger partial charge in [0.25, 0.3) is 0 Å². The van der Waals surface area contributed by atoms with E-state index >= 15 is 0 Å². The van der Waals surface area contributed by atoms with E-state index < -0.39 is 14.4 Å². The first kappa shape index (κ1) is 10.2. The third kappa shape index (κ3) is 2.58. The molecule has 1 heterocycles. The predicted octanol–water partition coefficient (Wildman–Crippen LogP) is 0.233. The molecule has 1 aliphatic heterocycles. The van der Waals surface area contributed by atoms with E-state index in [0.717, 1.165) is 0 Å². The predicted molar refractivity (Wildman–Crippen MR) is 46.6 cm³/mol. The Kier molecular flexibility index (Phi) is 3.34. The molecule has 1 unspecified atom stereocenters. The highest BCUT2D eigenvalue weighted by Gasteiger charge is 2.26. The van der Waals surface area contributed by atoms with Crippen LogP contribution in [-0.2, 0) is 13.8 Å². The van der Waals surface area contributed by atoms with E-state index in [-0.39, 0.29) is 0 Å². The molecule has 0 amide bonds. The quantitative estimate of drug-likeness (QED) is 0.617. The second-order valence-electron chi connectivity index (χ2n) is 2.72. The molecule has 1 fully saturated rings. The molecule has 1 rings (SSSR count). The van der Waals surface area contributed by atoms with Crippen molar-refractivity contribution in [2.75, 3.05) is 26.3 Å². The molecule has 12 heavy (non-hydrogen) atoms. The first-order chi connectivity index (χ1) is 5.52. The maximum atomic E-state index is 10.9. The minimum atomic E-state index is -3.46. The molecule has 0 aromatic carbocycles. The first-order valence-electron chi connectivity index (χ1n) is 3.77. The fourth-order valence-electron chi connectivity index (χ4n) is 1.12. The molecule has 1 aliphatic rings. The summed E-state index contributed by atoms with van der Waals surface area (Å²) >= 11 is 0. The molecule has 0 spiro atoms. The van der Waals surface area contributed by atoms with E-state index in [2.05, 4.69) is 0 Å². The molecule has 0 aromatic rings. The van der Waals surface area contributed by atoms with Crippen molar-refractivity contribution >= 4 is 19.7 Å². The fourth-order valence-corrected chi connectivity index (χ4v) is 2.02. The lowest BCUT2D eigenvalue weighted by Gasteiger charge is -2.30. The molecule has 0 radical (unpaired) electrons. The molecule has 4 nitrogen and oxygen atoms in total. The van der Waals surface area contributed by atoms with Crippen molar-refractivity contribution in [1.82, 2.24) is 4.90 Å². The van der Waals surface area contributed by atoms with E-state index in [9.17, 15) is 8.42 Å². The number of morpholine rings is 1. The highest BCUT2D eigenvalue weighted by Crippen LogP contribution is 2.13. The van der Waals surface area contributed by atoms with E-state index in [1.807, 2.05) is 0 Å². The monoisotopic (exact) mass is 213 g/mol. The minimum Gasteiger partial charge on any atom is -0.379 e. The number of ether oxygens (including phenoxy) is 1. The van der Waals surface area contributed by atoms with Crippen LogP contribution in [0, 0.1) is 0 Å². The summed E-state index contributed by atoms with van der Waals surface area (Å²) in [4.78, 5) is 1.80. The number of nitrogens with zero attached hydrogens (tertiary/aromatic N) is 1. The molecule has 0 saturated carbocycles. The zero-order chi connectivity index (χ0) is 9.19. The number of hydrogen-bond donors (Lipinski definition) is 0. The highest BCUT2D eigenvalue weighted by atomic mass is 35.7. The summed E-state index contributed by atoms with van der Waals surface area (Å²) in [6, 6.07) is 0. The average molecular weight is 214 g/mol. The van der Waals surface area contributed by atoms with Crippen LogP contribution in [0.4, 0.5) is 0 Å². The summed E-state index contributed by atoms with van der Waals surface area (Å²) in [5.74, 6) is 0. The third-order valence-electron chi connectivity index (χ3n) is 1.97. The number of rotatable bonds is 2. The molecule has 6 heteroatoms. The minimum absolute atomic E-state index is 0.580. The maximum absolute atomic E-state index is 10.9. The second kappa shape index (κ2) is 3.91. The number of hydrogen-bond acceptors (Lipinski definition) is 4. The van der Waals surface area contributed by atoms with Crippen molar-refractivity contribution < 1.29 is 13.2 Å². The Labute approximate surface area is 76.9 Å². The maximum Gasteiger partial charge on any atom is 0.248 e. The van der Waals surface area contributed by atoms with Crippen LogP contribution in [0.1, 0.15) is 6.92 Å². The zero-order valence-electron chi connectivity index (χ0n) is 6.86. The van der Waals surface area contributed by atoms with Gasteiger partial charge in [-0.2, -0.15) is 0 Å². The third-order valence-corrected chi connectivity index (χ3v) is 3.85. The molecule has 0 bridgehead atoms. The molecule has 0 N–H and O–H groups in total. The second-order valence-corrected chi connectivity index (χ2v) is 5.65. The molecule has 1 atom stereocenters. The molecule has 0 aliphatic carbocycles. The van der Waals surface area contributed by atoms with Gasteiger partial charge in [0, 0.05) is 23.8 Å². The van der Waals surface area contributed by atoms with Gasteiger partial charge in [-0.1, -0.05) is 0 Å². The molecular weight excluding hydrogens is 202 g/mol. The Morgan fingerprint density at radius 1 is 1.42 bits per heavy atom. The summed E-state index contributed by atoms with van der Waals surface area (Å²) in [6.45, 7) is 4.02. The topological polar surface area (TPSA) is 46.6 Å². The van der Waals surface area contributed by atoms with Gasteiger partial charge < -0.3 is 4.74 Å². The van der Waals surface area contributed by atoms with Crippen LogP contribution in [0.15, 0.2) is 0 Å². The summed E-state index contributed by atoms with van der Waals surface area (Å²) in [7, 11) is 1.75. The van der Waals surface area contributed by atoms with Crippen LogP contribution in [0.3, 0.4) is 0 Å². The van der Waals surface area contributed by atoms with Crippen LogP contribution in [0.5, 0.6) is 0 Å². The fraction of sp³-hybridized carbons (Fsp3) is 1.00. The Morgan fingerprint density at radius 3 is 2.33 bits per heavy atom. The summed E-state index contributed by atoms with van der Waals surface area (Å²) < 4.78 is 26.9. The summed E-state index contributed by atoms with van der Waals surface area (Å²) in [5.41, 5.74) is 0. The van der Waals surface area contributed by atoms with Gasteiger partial charge in [-0.05, 0) is 6.92 Å². The zero-order valence-corrected chi connectivity index (χ0v) is 8.44. The lowest BCUT2D eigenvalue weighted by molar-refractivity contribution is 0.0340. The summed E-state index contributed by atoms with van der Waals surface area (Å²) in [5, 5.41) is -0.608. The lowest BCUT2D eigenvalue weighted by Crippen LogP contribution is -2.44. The summed E-state index contributed by atoms with van der Waals surface area (Å²) in [6.07, 6.45) is 0. The lowest BCUT2D eigenvalue weighted by atomic mass is 10.4. The van der Waals surface area contributed by atoms with Crippen molar-refractivity contribution in [3.8, 4) is 0 Å². The Bertz CT molecular complexity index is 235. The van der Waals surface area contributed by atoms with Gasteiger partial charge in [0.1, 0.15) is 5.37 Å². The standard InChI is InChI=1S/C6H12ClNO3S/c1-6(12(7,9)10)8-2-4-11-5-3-8/h6H,2-5H2,1H3. The number of halogens is 1. The Morgan fingerprint density at radius 2 is 1.92 bits per heavy atom. The van der Waals surface area contributed by atoms with Gasteiger partial charge in [-0.15, -0.1) is 0 Å². The van der Waals surface area contributed by atoms with Gasteiger partial charge in [0.15, 0.2) is 0 Å². The highest BCUT2D eigenvalue weighted by molar-refractivity contribution is 8.14. The normalized spacial score (nSPS) is 23.8. The largest absolute Gasteiger partial charge is 0.379 e. The van der Waals surface area contributed by atoms with Crippen molar-refractivity contribution in [3.05, 3.63) is 0 Å². The molecule has 1 saturated heterocycles. The van der Waals surface area contributed by atoms with Crippen molar-refractivity contribution in [3.63, 3.8) is 0 Å². The smallest absolute Gasteiger partial charge is 0.248 e. The van der Waals surface area contributed by atoms with Crippen LogP contribution in [-0.4, -0.2) is 45.0 Å². The van der Waals surface area contributed by atoms with Crippen LogP contribution >= 0.6 is 10.7 Å². The van der Waals surface area contributed by atoms with Crippen molar-refractivity contribution in [2.24, 2.45) is 0 Å². The molecule has 0 aromatic heterocycles. The van der Waals surface area contributed by atoms with Crippen molar-refractivity contribution in [1.29, 1.82) is 0 Å². The first-order valence-corrected chi connectivity index (χ1v) is 6.14. The van der Waals surface area contributed by atoms with Crippen LogP contribution in [0.25, 0.3) is 0 Å². The average Bonchev–Trinajstić information content (AvgIpc) is 2.03. The Balaban J connectivity index is 2.57. The van der Waals surface area contributed by atoms with E-state index in [1.54, 1.807) is 11.8 Å². The van der Waals surface area contributed by atoms with E-state index in [1.165, 1.54) is 0 Å². The van der Waals surface area contributed by atoms with Gasteiger partial charge in [-0.3, -0.25) is 4.90 Å². The van der Waals surface area contributed by atoms with E-state index in [0.29, 0.717) is 26.3 Å². The van der Waals surface area contributed by atoms with E-state index in [4.69, 9.17) is 15.4 Å². The molecular formula is C6H12ClNO3S. The van der Waals surface area contributed by atoms with Gasteiger partial charge in [0.05, 0.1) is 13.2 Å². The van der Waals surface area contributed by atoms with Gasteiger partial charge in [-0.25, -0.2) is 8.42 Å². The van der Waals surface area contributed by atoms with Crippen LogP contribution in [0.2, 0.25) is 0 Å². The van der Waals surface area contributed by atoms with Crippen LogP contribution < -0.4 is 0 Å².